The molecule has 0 aromatic carbocycles. The van der Waals surface area contributed by atoms with Gasteiger partial charge in [0.25, 0.3) is 0 Å². The highest BCUT2D eigenvalue weighted by Gasteiger charge is 2.20. The van der Waals surface area contributed by atoms with Crippen LogP contribution in [0.3, 0.4) is 0 Å². The van der Waals surface area contributed by atoms with E-state index in [1.54, 1.807) is 0 Å². The Labute approximate surface area is 123 Å². The first-order valence-electron chi connectivity index (χ1n) is 8.11. The number of pyridine rings is 1. The Hall–Kier alpha value is -0.930. The Kier molecular flexibility index (Phi) is 6.48. The minimum absolute atomic E-state index is 0.828. The summed E-state index contributed by atoms with van der Waals surface area (Å²) in [6, 6.07) is 4.24. The van der Waals surface area contributed by atoms with Gasteiger partial charge in [0.1, 0.15) is 0 Å². The molecule has 1 saturated heterocycles. The van der Waals surface area contributed by atoms with Crippen LogP contribution in [0.4, 0.5) is 0 Å². The summed E-state index contributed by atoms with van der Waals surface area (Å²) in [6.45, 7) is 10.5. The molecule has 2 heterocycles. The molecule has 1 aliphatic rings. The molecule has 0 saturated carbocycles. The van der Waals surface area contributed by atoms with Crippen LogP contribution in [0.5, 0.6) is 0 Å². The van der Waals surface area contributed by atoms with Gasteiger partial charge in [-0.05, 0) is 75.0 Å². The van der Waals surface area contributed by atoms with Crippen molar-refractivity contribution in [3.8, 4) is 0 Å². The van der Waals surface area contributed by atoms with E-state index in [2.05, 4.69) is 41.2 Å². The maximum Gasteiger partial charge on any atom is 0.0271 e. The fraction of sp³-hybridized carbons (Fsp3) is 0.706. The lowest BCUT2D eigenvalue weighted by Crippen LogP contribution is -2.34. The number of aromatic nitrogens is 1. The first-order chi connectivity index (χ1) is 9.79. The molecule has 0 amide bonds. The van der Waals surface area contributed by atoms with E-state index in [0.29, 0.717) is 0 Å². The third kappa shape index (κ3) is 4.88. The monoisotopic (exact) mass is 275 g/mol. The molecule has 1 N–H and O–H groups in total. The maximum atomic E-state index is 4.09. The molecule has 0 aliphatic carbocycles. The van der Waals surface area contributed by atoms with Crippen molar-refractivity contribution in [3.05, 3.63) is 30.1 Å². The second kappa shape index (κ2) is 8.38. The molecule has 3 heteroatoms. The van der Waals surface area contributed by atoms with Gasteiger partial charge in [-0.2, -0.15) is 0 Å². The average Bonchev–Trinajstić information content (AvgIpc) is 2.53. The van der Waals surface area contributed by atoms with Crippen LogP contribution >= 0.6 is 0 Å². The molecule has 0 radical (unpaired) electrons. The summed E-state index contributed by atoms with van der Waals surface area (Å²) in [4.78, 5) is 6.63. The number of hydrogen-bond donors (Lipinski definition) is 1. The lowest BCUT2D eigenvalue weighted by molar-refractivity contribution is 0.213. The van der Waals surface area contributed by atoms with Gasteiger partial charge in [-0.15, -0.1) is 0 Å². The van der Waals surface area contributed by atoms with Crippen LogP contribution in [-0.4, -0.2) is 36.1 Å². The van der Waals surface area contributed by atoms with Crippen molar-refractivity contribution in [1.82, 2.24) is 15.2 Å². The second-order valence-electron chi connectivity index (χ2n) is 6.10. The van der Waals surface area contributed by atoms with Crippen molar-refractivity contribution < 1.29 is 0 Å². The van der Waals surface area contributed by atoms with Gasteiger partial charge in [-0.3, -0.25) is 9.88 Å². The van der Waals surface area contributed by atoms with Gasteiger partial charge in [0, 0.05) is 18.9 Å². The van der Waals surface area contributed by atoms with Gasteiger partial charge in [-0.1, -0.05) is 13.8 Å². The van der Waals surface area contributed by atoms with E-state index >= 15 is 0 Å². The molecular formula is C17H29N3. The van der Waals surface area contributed by atoms with Crippen LogP contribution in [0.2, 0.25) is 0 Å². The Bertz CT molecular complexity index is 360. The van der Waals surface area contributed by atoms with Gasteiger partial charge in [0.2, 0.25) is 0 Å². The van der Waals surface area contributed by atoms with E-state index in [1.165, 1.54) is 44.5 Å². The van der Waals surface area contributed by atoms with Crippen LogP contribution in [-0.2, 0) is 6.54 Å². The first-order valence-corrected chi connectivity index (χ1v) is 8.11. The van der Waals surface area contributed by atoms with Crippen LogP contribution in [0.1, 0.15) is 38.7 Å². The van der Waals surface area contributed by atoms with Gasteiger partial charge in [0.15, 0.2) is 0 Å². The minimum Gasteiger partial charge on any atom is -0.316 e. The predicted molar refractivity (Wildman–Crippen MR) is 84.6 cm³/mol. The first kappa shape index (κ1) is 15.5. The van der Waals surface area contributed by atoms with Crippen molar-refractivity contribution in [2.24, 2.45) is 11.8 Å². The number of nitrogens with one attached hydrogen (secondary N) is 1. The minimum atomic E-state index is 0.828. The summed E-state index contributed by atoms with van der Waals surface area (Å²) in [7, 11) is 0. The van der Waals surface area contributed by atoms with Crippen LogP contribution < -0.4 is 5.32 Å². The molecule has 3 nitrogen and oxygen atoms in total. The number of nitrogens with zero attached hydrogens (tertiary/aromatic N) is 2. The SMILES string of the molecule is CCN(CCC(C)C1CCCNC1)Cc1ccncc1. The van der Waals surface area contributed by atoms with Gasteiger partial charge >= 0.3 is 0 Å². The molecule has 1 aromatic rings. The molecule has 2 atom stereocenters. The van der Waals surface area contributed by atoms with Crippen LogP contribution in [0.25, 0.3) is 0 Å². The summed E-state index contributed by atoms with van der Waals surface area (Å²) in [5.41, 5.74) is 1.37. The van der Waals surface area contributed by atoms with Crippen molar-refractivity contribution in [2.75, 3.05) is 26.2 Å². The fourth-order valence-electron chi connectivity index (χ4n) is 3.08. The zero-order chi connectivity index (χ0) is 14.2. The van der Waals surface area contributed by atoms with Crippen molar-refractivity contribution >= 4 is 0 Å². The fourth-order valence-corrected chi connectivity index (χ4v) is 3.08. The second-order valence-corrected chi connectivity index (χ2v) is 6.10. The quantitative estimate of drug-likeness (QED) is 0.829. The summed E-state index contributed by atoms with van der Waals surface area (Å²) in [5.74, 6) is 1.71. The third-order valence-electron chi connectivity index (χ3n) is 4.64. The van der Waals surface area contributed by atoms with E-state index in [1.807, 2.05) is 12.4 Å². The highest BCUT2D eigenvalue weighted by atomic mass is 15.1. The summed E-state index contributed by atoms with van der Waals surface area (Å²) in [6.07, 6.45) is 7.85. The number of rotatable bonds is 7. The Balaban J connectivity index is 1.75. The molecule has 1 aliphatic heterocycles. The van der Waals surface area contributed by atoms with Crippen molar-refractivity contribution in [3.63, 3.8) is 0 Å². The van der Waals surface area contributed by atoms with E-state index in [0.717, 1.165) is 24.9 Å². The molecule has 20 heavy (non-hydrogen) atoms. The van der Waals surface area contributed by atoms with Crippen molar-refractivity contribution in [2.45, 2.75) is 39.7 Å². The number of piperidine rings is 1. The largest absolute Gasteiger partial charge is 0.316 e. The van der Waals surface area contributed by atoms with Crippen LogP contribution in [0.15, 0.2) is 24.5 Å². The lowest BCUT2D eigenvalue weighted by atomic mass is 9.85. The lowest BCUT2D eigenvalue weighted by Gasteiger charge is -2.30. The Morgan fingerprint density at radius 1 is 1.40 bits per heavy atom. The molecule has 0 bridgehead atoms. The Morgan fingerprint density at radius 2 is 2.20 bits per heavy atom. The summed E-state index contributed by atoms with van der Waals surface area (Å²) < 4.78 is 0. The normalized spacial score (nSPS) is 21.1. The number of hydrogen-bond acceptors (Lipinski definition) is 3. The average molecular weight is 275 g/mol. The summed E-state index contributed by atoms with van der Waals surface area (Å²) in [5, 5.41) is 3.54. The third-order valence-corrected chi connectivity index (χ3v) is 4.64. The standard InChI is InChI=1S/C17H29N3/c1-3-20(14-16-6-10-18-11-7-16)12-8-15(2)17-5-4-9-19-13-17/h6-7,10-11,15,17,19H,3-5,8-9,12-14H2,1-2H3. The molecule has 2 unspecified atom stereocenters. The van der Waals surface area contributed by atoms with E-state index in [4.69, 9.17) is 0 Å². The smallest absolute Gasteiger partial charge is 0.0271 e. The zero-order valence-corrected chi connectivity index (χ0v) is 13.0. The molecule has 1 aromatic heterocycles. The van der Waals surface area contributed by atoms with Crippen LogP contribution in [0, 0.1) is 11.8 Å². The van der Waals surface area contributed by atoms with Gasteiger partial charge in [0.05, 0.1) is 0 Å². The van der Waals surface area contributed by atoms with Gasteiger partial charge < -0.3 is 5.32 Å². The topological polar surface area (TPSA) is 28.2 Å². The summed E-state index contributed by atoms with van der Waals surface area (Å²) >= 11 is 0. The molecule has 1 fully saturated rings. The highest BCUT2D eigenvalue weighted by Crippen LogP contribution is 2.22. The molecule has 0 spiro atoms. The molecular weight excluding hydrogens is 246 g/mol. The zero-order valence-electron chi connectivity index (χ0n) is 13.0. The molecule has 112 valence electrons. The van der Waals surface area contributed by atoms with Gasteiger partial charge in [-0.25, -0.2) is 0 Å². The molecule has 2 rings (SSSR count). The van der Waals surface area contributed by atoms with E-state index in [9.17, 15) is 0 Å². The van der Waals surface area contributed by atoms with E-state index < -0.39 is 0 Å². The van der Waals surface area contributed by atoms with E-state index in [-0.39, 0.29) is 0 Å². The highest BCUT2D eigenvalue weighted by molar-refractivity contribution is 5.09. The van der Waals surface area contributed by atoms with Crippen molar-refractivity contribution in [1.29, 1.82) is 0 Å². The maximum absolute atomic E-state index is 4.09. The predicted octanol–water partition coefficient (Wildman–Crippen LogP) is 2.93. The Morgan fingerprint density at radius 3 is 2.85 bits per heavy atom.